The minimum Gasteiger partial charge on any atom is -0.353 e. The van der Waals surface area contributed by atoms with E-state index in [0.29, 0.717) is 0 Å². The van der Waals surface area contributed by atoms with E-state index in [-0.39, 0.29) is 17.9 Å². The number of amides is 1. The van der Waals surface area contributed by atoms with Crippen molar-refractivity contribution < 1.29 is 13.2 Å². The fraction of sp³-hybridized carbons (Fsp3) is 0.909. The van der Waals surface area contributed by atoms with Crippen molar-refractivity contribution in [3.63, 3.8) is 0 Å². The van der Waals surface area contributed by atoms with E-state index in [1.54, 1.807) is 13.8 Å². The van der Waals surface area contributed by atoms with Gasteiger partial charge >= 0.3 is 0 Å². The smallest absolute Gasteiger partial charge is 0.237 e. The number of sulfonamides is 1. The first-order chi connectivity index (χ1) is 7.75. The highest BCUT2D eigenvalue weighted by molar-refractivity contribution is 7.88. The lowest BCUT2D eigenvalue weighted by molar-refractivity contribution is -0.124. The SMILES string of the molecule is CC(C)(CNC(=O)[C@@H](N)C(C)(C)C)NS(C)(=O)=O. The molecular formula is C11H25N3O3S. The normalized spacial score (nSPS) is 15.3. The largest absolute Gasteiger partial charge is 0.353 e. The standard InChI is InChI=1S/C11H25N3O3S/c1-10(2,3)8(12)9(15)13-7-11(4,5)14-18(6,16)17/h8,14H,7,12H2,1-6H3,(H,13,15)/t8-/m1/s1. The van der Waals surface area contributed by atoms with Crippen LogP contribution in [0.3, 0.4) is 0 Å². The van der Waals surface area contributed by atoms with Crippen molar-refractivity contribution in [2.24, 2.45) is 11.1 Å². The van der Waals surface area contributed by atoms with Gasteiger partial charge in [-0.3, -0.25) is 4.79 Å². The number of rotatable bonds is 5. The molecule has 0 bridgehead atoms. The molecule has 0 unspecified atom stereocenters. The van der Waals surface area contributed by atoms with E-state index in [0.717, 1.165) is 6.26 Å². The third-order valence-corrected chi connectivity index (χ3v) is 3.31. The lowest BCUT2D eigenvalue weighted by Gasteiger charge is -2.29. The Morgan fingerprint density at radius 2 is 1.67 bits per heavy atom. The molecule has 0 aliphatic rings. The maximum absolute atomic E-state index is 11.8. The average Bonchev–Trinajstić information content (AvgIpc) is 2.07. The molecule has 0 saturated carbocycles. The Balaban J connectivity index is 4.46. The number of hydrogen-bond donors (Lipinski definition) is 3. The summed E-state index contributed by atoms with van der Waals surface area (Å²) in [7, 11) is -3.31. The number of nitrogens with two attached hydrogens (primary N) is 1. The van der Waals surface area contributed by atoms with Gasteiger partial charge in [0.2, 0.25) is 15.9 Å². The zero-order valence-electron chi connectivity index (χ0n) is 12.0. The molecule has 0 saturated heterocycles. The topological polar surface area (TPSA) is 101 Å². The van der Waals surface area contributed by atoms with Gasteiger partial charge in [-0.25, -0.2) is 13.1 Å². The molecule has 0 spiro atoms. The van der Waals surface area contributed by atoms with E-state index >= 15 is 0 Å². The van der Waals surface area contributed by atoms with Crippen molar-refractivity contribution in [1.29, 1.82) is 0 Å². The van der Waals surface area contributed by atoms with Crippen LogP contribution in [0.2, 0.25) is 0 Å². The van der Waals surface area contributed by atoms with Crippen molar-refractivity contribution in [2.45, 2.75) is 46.2 Å². The Labute approximate surface area is 110 Å². The second-order valence-electron chi connectivity index (χ2n) is 6.32. The molecule has 0 radical (unpaired) electrons. The first-order valence-electron chi connectivity index (χ1n) is 5.77. The number of nitrogens with one attached hydrogen (secondary N) is 2. The molecule has 1 atom stereocenters. The average molecular weight is 279 g/mol. The zero-order chi connectivity index (χ0) is 14.8. The molecule has 0 rings (SSSR count). The Bertz CT molecular complexity index is 396. The molecule has 4 N–H and O–H groups in total. The predicted octanol–water partition coefficient (Wildman–Crippen LogP) is -0.196. The van der Waals surface area contributed by atoms with E-state index in [1.165, 1.54) is 0 Å². The number of carbonyl (C=O) groups is 1. The van der Waals surface area contributed by atoms with Gasteiger partial charge in [-0.1, -0.05) is 20.8 Å². The fourth-order valence-corrected chi connectivity index (χ4v) is 2.43. The summed E-state index contributed by atoms with van der Waals surface area (Å²) >= 11 is 0. The summed E-state index contributed by atoms with van der Waals surface area (Å²) in [6.07, 6.45) is 1.08. The molecule has 7 heteroatoms. The highest BCUT2D eigenvalue weighted by Crippen LogP contribution is 2.17. The Kier molecular flexibility index (Phi) is 5.34. The molecule has 0 fully saturated rings. The quantitative estimate of drug-likeness (QED) is 0.649. The number of carbonyl (C=O) groups excluding carboxylic acids is 1. The Hall–Kier alpha value is -0.660. The van der Waals surface area contributed by atoms with Crippen LogP contribution in [-0.2, 0) is 14.8 Å². The van der Waals surface area contributed by atoms with E-state index in [2.05, 4.69) is 10.0 Å². The van der Waals surface area contributed by atoms with Gasteiger partial charge in [0.15, 0.2) is 0 Å². The lowest BCUT2D eigenvalue weighted by Crippen LogP contribution is -2.55. The van der Waals surface area contributed by atoms with Crippen LogP contribution < -0.4 is 15.8 Å². The summed E-state index contributed by atoms with van der Waals surface area (Å²) in [5.41, 5.74) is 4.72. The monoisotopic (exact) mass is 279 g/mol. The summed E-state index contributed by atoms with van der Waals surface area (Å²) in [5.74, 6) is -0.286. The van der Waals surface area contributed by atoms with Crippen LogP contribution in [0.1, 0.15) is 34.6 Å². The van der Waals surface area contributed by atoms with Gasteiger partial charge < -0.3 is 11.1 Å². The van der Waals surface area contributed by atoms with Gasteiger partial charge in [0.1, 0.15) is 0 Å². The molecule has 0 aliphatic carbocycles. The highest BCUT2D eigenvalue weighted by Gasteiger charge is 2.29. The molecule has 0 aromatic heterocycles. The van der Waals surface area contributed by atoms with Gasteiger partial charge in [0, 0.05) is 12.1 Å². The maximum atomic E-state index is 11.8. The summed E-state index contributed by atoms with van der Waals surface area (Å²) in [6, 6.07) is -0.633. The minimum absolute atomic E-state index is 0.183. The fourth-order valence-electron chi connectivity index (χ4n) is 1.35. The highest BCUT2D eigenvalue weighted by atomic mass is 32.2. The third-order valence-electron chi connectivity index (χ3n) is 2.38. The molecule has 108 valence electrons. The lowest BCUT2D eigenvalue weighted by atomic mass is 9.87. The first-order valence-corrected chi connectivity index (χ1v) is 7.66. The molecule has 0 aromatic rings. The van der Waals surface area contributed by atoms with Gasteiger partial charge in [-0.2, -0.15) is 0 Å². The summed E-state index contributed by atoms with van der Waals surface area (Å²) in [6.45, 7) is 9.18. The number of hydrogen-bond acceptors (Lipinski definition) is 4. The summed E-state index contributed by atoms with van der Waals surface area (Å²) in [4.78, 5) is 11.8. The first kappa shape index (κ1) is 17.3. The van der Waals surface area contributed by atoms with E-state index in [1.807, 2.05) is 20.8 Å². The Morgan fingerprint density at radius 3 is 2.00 bits per heavy atom. The van der Waals surface area contributed by atoms with Crippen LogP contribution >= 0.6 is 0 Å². The van der Waals surface area contributed by atoms with Crippen LogP contribution in [-0.4, -0.2) is 38.7 Å². The van der Waals surface area contributed by atoms with Crippen LogP contribution in [0.5, 0.6) is 0 Å². The van der Waals surface area contributed by atoms with Crippen LogP contribution in [0.25, 0.3) is 0 Å². The molecule has 0 aromatic carbocycles. The summed E-state index contributed by atoms with van der Waals surface area (Å²) < 4.78 is 24.7. The maximum Gasteiger partial charge on any atom is 0.237 e. The van der Waals surface area contributed by atoms with Crippen LogP contribution in [0, 0.1) is 5.41 Å². The van der Waals surface area contributed by atoms with Gasteiger partial charge in [0.25, 0.3) is 0 Å². The van der Waals surface area contributed by atoms with Crippen molar-refractivity contribution >= 4 is 15.9 Å². The van der Waals surface area contributed by atoms with Crippen molar-refractivity contribution in [2.75, 3.05) is 12.8 Å². The summed E-state index contributed by atoms with van der Waals surface area (Å²) in [5, 5.41) is 2.66. The van der Waals surface area contributed by atoms with Crippen molar-refractivity contribution in [3.05, 3.63) is 0 Å². The Morgan fingerprint density at radius 1 is 1.22 bits per heavy atom. The van der Waals surface area contributed by atoms with Crippen molar-refractivity contribution in [3.8, 4) is 0 Å². The van der Waals surface area contributed by atoms with E-state index < -0.39 is 21.6 Å². The molecule has 6 nitrogen and oxygen atoms in total. The van der Waals surface area contributed by atoms with Crippen LogP contribution in [0.15, 0.2) is 0 Å². The van der Waals surface area contributed by atoms with Crippen molar-refractivity contribution in [1.82, 2.24) is 10.0 Å². The predicted molar refractivity (Wildman–Crippen MR) is 72.5 cm³/mol. The van der Waals surface area contributed by atoms with Gasteiger partial charge in [0.05, 0.1) is 12.3 Å². The molecule has 0 aliphatic heterocycles. The van der Waals surface area contributed by atoms with E-state index in [4.69, 9.17) is 5.73 Å². The molecular weight excluding hydrogens is 254 g/mol. The second-order valence-corrected chi connectivity index (χ2v) is 8.07. The van der Waals surface area contributed by atoms with Gasteiger partial charge in [-0.15, -0.1) is 0 Å². The second kappa shape index (κ2) is 5.54. The van der Waals surface area contributed by atoms with Crippen LogP contribution in [0.4, 0.5) is 0 Å². The minimum atomic E-state index is -3.31. The zero-order valence-corrected chi connectivity index (χ0v) is 12.8. The van der Waals surface area contributed by atoms with E-state index in [9.17, 15) is 13.2 Å². The molecule has 0 heterocycles. The van der Waals surface area contributed by atoms with Gasteiger partial charge in [-0.05, 0) is 19.3 Å². The third kappa shape index (κ3) is 6.93. The molecule has 1 amide bonds. The molecule has 18 heavy (non-hydrogen) atoms.